The van der Waals surface area contributed by atoms with Crippen LogP contribution in [0.25, 0.3) is 0 Å². The molecule has 0 bridgehead atoms. The number of ether oxygens (including phenoxy) is 1. The smallest absolute Gasteiger partial charge is 0.167 e. The number of carbonyl (C=O) groups is 1. The van der Waals surface area contributed by atoms with Crippen molar-refractivity contribution in [3.05, 3.63) is 16.4 Å². The number of ketones is 1. The molecule has 1 unspecified atom stereocenters. The lowest BCUT2D eigenvalue weighted by Gasteiger charge is -2.19. The Kier molecular flexibility index (Phi) is 6.69. The molecule has 4 nitrogen and oxygen atoms in total. The molecule has 1 aromatic heterocycles. The van der Waals surface area contributed by atoms with Crippen LogP contribution >= 0.6 is 11.6 Å². The first-order chi connectivity index (χ1) is 9.46. The minimum absolute atomic E-state index is 0.0704. The summed E-state index contributed by atoms with van der Waals surface area (Å²) in [5.74, 6) is 0.228. The molecule has 5 heteroatoms. The van der Waals surface area contributed by atoms with E-state index in [9.17, 15) is 4.79 Å². The molecule has 1 rings (SSSR count). The van der Waals surface area contributed by atoms with Gasteiger partial charge in [0.25, 0.3) is 0 Å². The predicted molar refractivity (Wildman–Crippen MR) is 81.3 cm³/mol. The molecule has 0 fully saturated rings. The summed E-state index contributed by atoms with van der Waals surface area (Å²) in [5, 5.41) is 5.07. The summed E-state index contributed by atoms with van der Waals surface area (Å²) in [6, 6.07) is 0. The lowest BCUT2D eigenvalue weighted by atomic mass is 9.99. The number of aryl methyl sites for hydroxylation is 2. The van der Waals surface area contributed by atoms with Crippen LogP contribution in [0.5, 0.6) is 0 Å². The van der Waals surface area contributed by atoms with E-state index in [2.05, 4.69) is 5.10 Å². The molecule has 0 aliphatic heterocycles. The van der Waals surface area contributed by atoms with E-state index in [-0.39, 0.29) is 24.2 Å². The van der Waals surface area contributed by atoms with Crippen LogP contribution in [0.2, 0.25) is 5.02 Å². The van der Waals surface area contributed by atoms with Crippen molar-refractivity contribution < 1.29 is 9.53 Å². The van der Waals surface area contributed by atoms with E-state index in [4.69, 9.17) is 16.3 Å². The highest BCUT2D eigenvalue weighted by Gasteiger charge is 2.25. The molecule has 20 heavy (non-hydrogen) atoms. The first-order valence-electron chi connectivity index (χ1n) is 7.34. The van der Waals surface area contributed by atoms with Crippen LogP contribution in [-0.2, 0) is 28.9 Å². The highest BCUT2D eigenvalue weighted by atomic mass is 35.5. The molecule has 0 radical (unpaired) electrons. The third-order valence-corrected chi connectivity index (χ3v) is 3.74. The fraction of sp³-hybridized carbons (Fsp3) is 0.733. The monoisotopic (exact) mass is 300 g/mol. The third-order valence-electron chi connectivity index (χ3n) is 3.30. The third kappa shape index (κ3) is 3.83. The number of hydrogen-bond acceptors (Lipinski definition) is 3. The van der Waals surface area contributed by atoms with Crippen LogP contribution in [0.3, 0.4) is 0 Å². The predicted octanol–water partition coefficient (Wildman–Crippen LogP) is 3.29. The second kappa shape index (κ2) is 7.79. The highest BCUT2D eigenvalue weighted by Crippen LogP contribution is 2.23. The second-order valence-electron chi connectivity index (χ2n) is 5.14. The van der Waals surface area contributed by atoms with Crippen LogP contribution in [0.1, 0.15) is 46.0 Å². The van der Waals surface area contributed by atoms with E-state index in [1.807, 2.05) is 39.3 Å². The summed E-state index contributed by atoms with van der Waals surface area (Å²) in [6.45, 7) is 11.2. The molecule has 0 saturated heterocycles. The molecule has 0 saturated carbocycles. The number of Topliss-reactive ketones (excluding diaryl/α,β-unsaturated/α-hetero) is 1. The average Bonchev–Trinajstić information content (AvgIpc) is 2.72. The maximum atomic E-state index is 12.4. The largest absolute Gasteiger partial charge is 0.370 e. The van der Waals surface area contributed by atoms with Crippen molar-refractivity contribution in [3.63, 3.8) is 0 Å². The van der Waals surface area contributed by atoms with Crippen molar-refractivity contribution in [1.82, 2.24) is 9.78 Å². The van der Waals surface area contributed by atoms with Gasteiger partial charge in [0.1, 0.15) is 6.10 Å². The molecule has 0 N–H and O–H groups in total. The van der Waals surface area contributed by atoms with Crippen molar-refractivity contribution in [3.8, 4) is 0 Å². The number of nitrogens with zero attached hydrogens (tertiary/aromatic N) is 2. The van der Waals surface area contributed by atoms with Gasteiger partial charge >= 0.3 is 0 Å². The van der Waals surface area contributed by atoms with Gasteiger partial charge in [-0.3, -0.25) is 9.48 Å². The standard InChI is InChI=1S/C15H25ClN2O2/c1-6-11-14(16)12(18(7-2)17-11)9-13(19)15(10(4)5)20-8-3/h10,15H,6-9H2,1-5H3. The maximum absolute atomic E-state index is 12.4. The Labute approximate surface area is 126 Å². The van der Waals surface area contributed by atoms with Crippen LogP contribution in [0.4, 0.5) is 0 Å². The van der Waals surface area contributed by atoms with E-state index in [0.29, 0.717) is 18.2 Å². The summed E-state index contributed by atoms with van der Waals surface area (Å²) in [5.41, 5.74) is 1.66. The van der Waals surface area contributed by atoms with Crippen molar-refractivity contribution in [2.75, 3.05) is 6.61 Å². The second-order valence-corrected chi connectivity index (χ2v) is 5.52. The summed E-state index contributed by atoms with van der Waals surface area (Å²) in [7, 11) is 0. The zero-order chi connectivity index (χ0) is 15.3. The molecule has 0 aliphatic rings. The number of rotatable bonds is 8. The molecule has 1 heterocycles. The van der Waals surface area contributed by atoms with Gasteiger partial charge in [-0.1, -0.05) is 32.4 Å². The van der Waals surface area contributed by atoms with Crippen molar-refractivity contribution in [2.24, 2.45) is 5.92 Å². The first kappa shape index (κ1) is 17.2. The molecular formula is C15H25ClN2O2. The van der Waals surface area contributed by atoms with Crippen molar-refractivity contribution >= 4 is 17.4 Å². The first-order valence-corrected chi connectivity index (χ1v) is 7.72. The zero-order valence-electron chi connectivity index (χ0n) is 13.1. The molecule has 114 valence electrons. The van der Waals surface area contributed by atoms with Gasteiger partial charge in [0, 0.05) is 13.2 Å². The van der Waals surface area contributed by atoms with Crippen molar-refractivity contribution in [2.45, 2.75) is 60.1 Å². The van der Waals surface area contributed by atoms with E-state index in [0.717, 1.165) is 17.8 Å². The Hall–Kier alpha value is -0.870. The Bertz CT molecular complexity index is 455. The fourth-order valence-electron chi connectivity index (χ4n) is 2.29. The summed E-state index contributed by atoms with van der Waals surface area (Å²) < 4.78 is 7.38. The Morgan fingerprint density at radius 2 is 2.00 bits per heavy atom. The molecular weight excluding hydrogens is 276 g/mol. The molecule has 0 aliphatic carbocycles. The van der Waals surface area contributed by atoms with Gasteiger partial charge < -0.3 is 4.74 Å². The lowest BCUT2D eigenvalue weighted by molar-refractivity contribution is -0.132. The number of aromatic nitrogens is 2. The number of halogens is 1. The molecule has 1 atom stereocenters. The van der Waals surface area contributed by atoms with E-state index < -0.39 is 0 Å². The van der Waals surface area contributed by atoms with Crippen LogP contribution < -0.4 is 0 Å². The van der Waals surface area contributed by atoms with Gasteiger partial charge in [-0.25, -0.2) is 0 Å². The van der Waals surface area contributed by atoms with Crippen molar-refractivity contribution in [1.29, 1.82) is 0 Å². The van der Waals surface area contributed by atoms with Gasteiger partial charge in [0.15, 0.2) is 5.78 Å². The van der Waals surface area contributed by atoms with Gasteiger partial charge in [0.2, 0.25) is 0 Å². The molecule has 0 aromatic carbocycles. The maximum Gasteiger partial charge on any atom is 0.167 e. The molecule has 0 amide bonds. The SMILES string of the molecule is CCOC(C(=O)Cc1c(Cl)c(CC)nn1CC)C(C)C. The summed E-state index contributed by atoms with van der Waals surface area (Å²) in [4.78, 5) is 12.4. The number of carbonyl (C=O) groups excluding carboxylic acids is 1. The normalized spacial score (nSPS) is 12.9. The fourth-order valence-corrected chi connectivity index (χ4v) is 2.62. The van der Waals surface area contributed by atoms with Gasteiger partial charge in [-0.15, -0.1) is 0 Å². The van der Waals surface area contributed by atoms with Crippen LogP contribution in [-0.4, -0.2) is 28.3 Å². The summed E-state index contributed by atoms with van der Waals surface area (Å²) >= 11 is 6.34. The quantitative estimate of drug-likeness (QED) is 0.740. The zero-order valence-corrected chi connectivity index (χ0v) is 13.8. The highest BCUT2D eigenvalue weighted by molar-refractivity contribution is 6.32. The van der Waals surface area contributed by atoms with Crippen LogP contribution in [0, 0.1) is 5.92 Å². The van der Waals surface area contributed by atoms with Gasteiger partial charge in [-0.2, -0.15) is 5.10 Å². The molecule has 0 spiro atoms. The summed E-state index contributed by atoms with van der Waals surface area (Å²) in [6.07, 6.45) is 0.676. The Balaban J connectivity index is 2.96. The minimum atomic E-state index is -0.374. The van der Waals surface area contributed by atoms with E-state index in [1.165, 1.54) is 0 Å². The average molecular weight is 301 g/mol. The van der Waals surface area contributed by atoms with Gasteiger partial charge in [0.05, 0.1) is 22.8 Å². The number of hydrogen-bond donors (Lipinski definition) is 0. The molecule has 1 aromatic rings. The van der Waals surface area contributed by atoms with E-state index >= 15 is 0 Å². The topological polar surface area (TPSA) is 44.1 Å². The van der Waals surface area contributed by atoms with E-state index in [1.54, 1.807) is 0 Å². The minimum Gasteiger partial charge on any atom is -0.370 e. The lowest BCUT2D eigenvalue weighted by Crippen LogP contribution is -2.31. The Morgan fingerprint density at radius 3 is 2.45 bits per heavy atom. The Morgan fingerprint density at radius 1 is 1.35 bits per heavy atom. The van der Waals surface area contributed by atoms with Crippen LogP contribution in [0.15, 0.2) is 0 Å². The van der Waals surface area contributed by atoms with Gasteiger partial charge in [-0.05, 0) is 26.2 Å².